The Labute approximate surface area is 134 Å². The Kier molecular flexibility index (Phi) is 5.18. The average Bonchev–Trinajstić information content (AvgIpc) is 2.53. The van der Waals surface area contributed by atoms with Gasteiger partial charge in [-0.1, -0.05) is 35.9 Å². The van der Waals surface area contributed by atoms with Gasteiger partial charge in [0.25, 0.3) is 5.91 Å². The van der Waals surface area contributed by atoms with Crippen LogP contribution in [0.25, 0.3) is 0 Å². The molecule has 0 aliphatic heterocycles. The lowest BCUT2D eigenvalue weighted by atomic mass is 10.2. The molecule has 2 aromatic carbocycles. The Balaban J connectivity index is 2.12. The van der Waals surface area contributed by atoms with Crippen molar-refractivity contribution in [2.45, 2.75) is 6.92 Å². The van der Waals surface area contributed by atoms with Gasteiger partial charge in [0, 0.05) is 22.6 Å². The van der Waals surface area contributed by atoms with Crippen LogP contribution in [0.15, 0.2) is 60.3 Å². The molecule has 0 heterocycles. The van der Waals surface area contributed by atoms with E-state index in [1.54, 1.807) is 25.1 Å². The topological polar surface area (TPSA) is 64.9 Å². The van der Waals surface area contributed by atoms with E-state index in [4.69, 9.17) is 16.9 Å². The van der Waals surface area contributed by atoms with Crippen molar-refractivity contribution in [2.24, 2.45) is 0 Å². The summed E-state index contributed by atoms with van der Waals surface area (Å²) in [6.07, 6.45) is 1.38. The number of nitrogens with zero attached hydrogens (tertiary/aromatic N) is 1. The second kappa shape index (κ2) is 7.30. The SMILES string of the molecule is Cc1c(Cl)cccc1NC(=O)/C(C#N)=C\Nc1ccccc1. The molecular weight excluding hydrogens is 298 g/mol. The quantitative estimate of drug-likeness (QED) is 0.660. The van der Waals surface area contributed by atoms with Crippen LogP contribution in [0.4, 0.5) is 11.4 Å². The summed E-state index contributed by atoms with van der Waals surface area (Å²) in [5.74, 6) is -0.490. The molecule has 0 unspecified atom stereocenters. The highest BCUT2D eigenvalue weighted by molar-refractivity contribution is 6.31. The van der Waals surface area contributed by atoms with Gasteiger partial charge in [-0.05, 0) is 36.8 Å². The maximum absolute atomic E-state index is 12.1. The first kappa shape index (κ1) is 15.6. The van der Waals surface area contributed by atoms with E-state index in [1.165, 1.54) is 6.20 Å². The third-order valence-electron chi connectivity index (χ3n) is 3.04. The predicted molar refractivity (Wildman–Crippen MR) is 88.6 cm³/mol. The molecule has 110 valence electrons. The smallest absolute Gasteiger partial charge is 0.267 e. The van der Waals surface area contributed by atoms with Gasteiger partial charge in [0.15, 0.2) is 0 Å². The van der Waals surface area contributed by atoms with Crippen molar-refractivity contribution in [2.75, 3.05) is 10.6 Å². The zero-order valence-corrected chi connectivity index (χ0v) is 12.7. The van der Waals surface area contributed by atoms with E-state index in [1.807, 2.05) is 36.4 Å². The Morgan fingerprint density at radius 1 is 1.18 bits per heavy atom. The van der Waals surface area contributed by atoms with Gasteiger partial charge >= 0.3 is 0 Å². The van der Waals surface area contributed by atoms with E-state index in [0.29, 0.717) is 10.7 Å². The summed E-state index contributed by atoms with van der Waals surface area (Å²) in [6, 6.07) is 16.4. The van der Waals surface area contributed by atoms with E-state index in [0.717, 1.165) is 11.3 Å². The van der Waals surface area contributed by atoms with Crippen molar-refractivity contribution in [1.82, 2.24) is 0 Å². The summed E-state index contributed by atoms with van der Waals surface area (Å²) >= 11 is 6.01. The first-order chi connectivity index (χ1) is 10.6. The number of nitriles is 1. The number of anilines is 2. The first-order valence-electron chi connectivity index (χ1n) is 6.60. The number of hydrogen-bond donors (Lipinski definition) is 2. The third kappa shape index (κ3) is 3.87. The summed E-state index contributed by atoms with van der Waals surface area (Å²) in [5, 5.41) is 15.3. The number of amides is 1. The molecular formula is C17H14ClN3O. The van der Waals surface area contributed by atoms with Crippen LogP contribution < -0.4 is 10.6 Å². The number of benzene rings is 2. The van der Waals surface area contributed by atoms with Crippen LogP contribution >= 0.6 is 11.6 Å². The largest absolute Gasteiger partial charge is 0.360 e. The first-order valence-corrected chi connectivity index (χ1v) is 6.98. The molecule has 2 aromatic rings. The van der Waals surface area contributed by atoms with Crippen LogP contribution in [0.3, 0.4) is 0 Å². The predicted octanol–water partition coefficient (Wildman–Crippen LogP) is 4.11. The van der Waals surface area contributed by atoms with Gasteiger partial charge in [-0.3, -0.25) is 4.79 Å². The molecule has 0 radical (unpaired) electrons. The van der Waals surface area contributed by atoms with Gasteiger partial charge in [0.1, 0.15) is 11.6 Å². The Hall–Kier alpha value is -2.77. The minimum atomic E-state index is -0.490. The molecule has 4 nitrogen and oxygen atoms in total. The summed E-state index contributed by atoms with van der Waals surface area (Å²) in [5.41, 5.74) is 2.11. The highest BCUT2D eigenvalue weighted by atomic mass is 35.5. The van der Waals surface area contributed by atoms with Crippen molar-refractivity contribution in [1.29, 1.82) is 5.26 Å². The normalized spacial score (nSPS) is 10.7. The van der Waals surface area contributed by atoms with Crippen molar-refractivity contribution in [3.63, 3.8) is 0 Å². The van der Waals surface area contributed by atoms with Crippen LogP contribution in [0.5, 0.6) is 0 Å². The highest BCUT2D eigenvalue weighted by Crippen LogP contribution is 2.23. The van der Waals surface area contributed by atoms with Crippen molar-refractivity contribution in [3.05, 3.63) is 70.9 Å². The number of carbonyl (C=O) groups is 1. The minimum absolute atomic E-state index is 0.0248. The number of hydrogen-bond acceptors (Lipinski definition) is 3. The number of rotatable bonds is 4. The van der Waals surface area contributed by atoms with Gasteiger partial charge in [-0.2, -0.15) is 5.26 Å². The van der Waals surface area contributed by atoms with Crippen LogP contribution in [-0.4, -0.2) is 5.91 Å². The Morgan fingerprint density at radius 2 is 1.91 bits per heavy atom. The molecule has 0 saturated heterocycles. The number of para-hydroxylation sites is 1. The second-order valence-electron chi connectivity index (χ2n) is 4.55. The van der Waals surface area contributed by atoms with Crippen LogP contribution in [-0.2, 0) is 4.79 Å². The molecule has 0 spiro atoms. The maximum atomic E-state index is 12.1. The number of nitrogens with one attached hydrogen (secondary N) is 2. The van der Waals surface area contributed by atoms with Crippen LogP contribution in [0, 0.1) is 18.3 Å². The summed E-state index contributed by atoms with van der Waals surface area (Å²) in [4.78, 5) is 12.1. The fraction of sp³-hybridized carbons (Fsp3) is 0.0588. The molecule has 0 saturated carbocycles. The standard InChI is InChI=1S/C17H14ClN3O/c1-12-15(18)8-5-9-16(12)21-17(22)13(10-19)11-20-14-6-3-2-4-7-14/h2-9,11,20H,1H3,(H,21,22)/b13-11-. The van der Waals surface area contributed by atoms with Crippen molar-refractivity contribution >= 4 is 28.9 Å². The molecule has 22 heavy (non-hydrogen) atoms. The zero-order chi connectivity index (χ0) is 15.9. The number of carbonyl (C=O) groups excluding carboxylic acids is 1. The highest BCUT2D eigenvalue weighted by Gasteiger charge is 2.11. The average molecular weight is 312 g/mol. The van der Waals surface area contributed by atoms with Gasteiger partial charge in [-0.15, -0.1) is 0 Å². The van der Waals surface area contributed by atoms with Gasteiger partial charge in [-0.25, -0.2) is 0 Å². The molecule has 2 rings (SSSR count). The van der Waals surface area contributed by atoms with Gasteiger partial charge < -0.3 is 10.6 Å². The van der Waals surface area contributed by atoms with Crippen LogP contribution in [0.2, 0.25) is 5.02 Å². The van der Waals surface area contributed by atoms with E-state index >= 15 is 0 Å². The lowest BCUT2D eigenvalue weighted by Crippen LogP contribution is -2.15. The summed E-state index contributed by atoms with van der Waals surface area (Å²) in [6.45, 7) is 1.80. The molecule has 0 fully saturated rings. The van der Waals surface area contributed by atoms with Crippen LogP contribution in [0.1, 0.15) is 5.56 Å². The van der Waals surface area contributed by atoms with Crippen molar-refractivity contribution in [3.8, 4) is 6.07 Å². The molecule has 0 aromatic heterocycles. The Bertz CT molecular complexity index is 748. The van der Waals surface area contributed by atoms with E-state index in [2.05, 4.69) is 10.6 Å². The fourth-order valence-corrected chi connectivity index (χ4v) is 1.95. The molecule has 5 heteroatoms. The third-order valence-corrected chi connectivity index (χ3v) is 3.45. The van der Waals surface area contributed by atoms with E-state index in [9.17, 15) is 4.79 Å². The lowest BCUT2D eigenvalue weighted by Gasteiger charge is -2.09. The fourth-order valence-electron chi connectivity index (χ4n) is 1.77. The molecule has 2 N–H and O–H groups in total. The molecule has 0 aliphatic rings. The maximum Gasteiger partial charge on any atom is 0.267 e. The van der Waals surface area contributed by atoms with E-state index in [-0.39, 0.29) is 5.57 Å². The van der Waals surface area contributed by atoms with E-state index < -0.39 is 5.91 Å². The molecule has 0 aliphatic carbocycles. The minimum Gasteiger partial charge on any atom is -0.360 e. The number of halogens is 1. The zero-order valence-electron chi connectivity index (χ0n) is 11.9. The molecule has 0 bridgehead atoms. The van der Waals surface area contributed by atoms with Gasteiger partial charge in [0.05, 0.1) is 0 Å². The Morgan fingerprint density at radius 3 is 2.59 bits per heavy atom. The monoisotopic (exact) mass is 311 g/mol. The molecule has 1 amide bonds. The summed E-state index contributed by atoms with van der Waals surface area (Å²) in [7, 11) is 0. The lowest BCUT2D eigenvalue weighted by molar-refractivity contribution is -0.112. The second-order valence-corrected chi connectivity index (χ2v) is 4.95. The van der Waals surface area contributed by atoms with Gasteiger partial charge in [0.2, 0.25) is 0 Å². The molecule has 0 atom stereocenters. The van der Waals surface area contributed by atoms with Crippen molar-refractivity contribution < 1.29 is 4.79 Å². The summed E-state index contributed by atoms with van der Waals surface area (Å²) < 4.78 is 0.